The number of urea groups is 1. The fourth-order valence-corrected chi connectivity index (χ4v) is 3.91. The number of carbonyl (C=O) groups is 4. The summed E-state index contributed by atoms with van der Waals surface area (Å²) in [6, 6.07) is -0.900. The van der Waals surface area contributed by atoms with E-state index in [9.17, 15) is 19.2 Å². The van der Waals surface area contributed by atoms with Gasteiger partial charge in [0.2, 0.25) is 0 Å². The van der Waals surface area contributed by atoms with E-state index in [0.29, 0.717) is 25.8 Å². The van der Waals surface area contributed by atoms with Crippen molar-refractivity contribution in [1.82, 2.24) is 10.2 Å². The Labute approximate surface area is 154 Å². The van der Waals surface area contributed by atoms with Gasteiger partial charge in [-0.25, -0.2) is 4.79 Å². The van der Waals surface area contributed by atoms with E-state index >= 15 is 0 Å². The van der Waals surface area contributed by atoms with Gasteiger partial charge in [0.15, 0.2) is 0 Å². The quantitative estimate of drug-likeness (QED) is 0.432. The van der Waals surface area contributed by atoms with Crippen LogP contribution in [0.15, 0.2) is 0 Å². The van der Waals surface area contributed by atoms with E-state index in [2.05, 4.69) is 5.32 Å². The highest BCUT2D eigenvalue weighted by atomic mass is 16.4. The minimum Gasteiger partial charge on any atom is -0.481 e. The van der Waals surface area contributed by atoms with Crippen LogP contribution < -0.4 is 5.32 Å². The fourth-order valence-electron chi connectivity index (χ4n) is 3.91. The van der Waals surface area contributed by atoms with E-state index in [1.54, 1.807) is 0 Å². The highest BCUT2D eigenvalue weighted by molar-refractivity contribution is 6.04. The van der Waals surface area contributed by atoms with Gasteiger partial charge < -0.3 is 10.0 Å². The molecule has 2 N–H and O–H groups in total. The number of carboxylic acids is 1. The van der Waals surface area contributed by atoms with Gasteiger partial charge in [-0.05, 0) is 25.7 Å². The molecule has 2 rings (SSSR count). The molecule has 2 aliphatic rings. The van der Waals surface area contributed by atoms with Crippen molar-refractivity contribution in [3.05, 3.63) is 0 Å². The van der Waals surface area contributed by atoms with Crippen LogP contribution in [0.4, 0.5) is 4.79 Å². The number of imide groups is 1. The summed E-state index contributed by atoms with van der Waals surface area (Å²) >= 11 is 0. The Balaban J connectivity index is 1.73. The molecule has 1 aliphatic heterocycles. The second-order valence-corrected chi connectivity index (χ2v) is 7.40. The number of rotatable bonds is 11. The molecule has 1 atom stereocenters. The van der Waals surface area contributed by atoms with E-state index in [1.807, 2.05) is 0 Å². The number of unbranched alkanes of at least 4 members (excludes halogenated alkanes) is 3. The average molecular weight is 366 g/mol. The number of hydrogen-bond donors (Lipinski definition) is 2. The van der Waals surface area contributed by atoms with Gasteiger partial charge in [-0.3, -0.25) is 19.7 Å². The highest BCUT2D eigenvalue weighted by Crippen LogP contribution is 2.26. The predicted molar refractivity (Wildman–Crippen MR) is 95.6 cm³/mol. The molecule has 0 radical (unpaired) electrons. The lowest BCUT2D eigenvalue weighted by molar-refractivity contribution is -0.137. The first-order valence-corrected chi connectivity index (χ1v) is 9.85. The van der Waals surface area contributed by atoms with Crippen molar-refractivity contribution >= 4 is 23.7 Å². The van der Waals surface area contributed by atoms with Gasteiger partial charge in [0.05, 0.1) is 0 Å². The number of carbonyl (C=O) groups excluding carboxylic acids is 3. The van der Waals surface area contributed by atoms with Gasteiger partial charge in [-0.1, -0.05) is 38.5 Å². The van der Waals surface area contributed by atoms with Crippen molar-refractivity contribution in [3.8, 4) is 0 Å². The van der Waals surface area contributed by atoms with Crippen molar-refractivity contribution in [1.29, 1.82) is 0 Å². The summed E-state index contributed by atoms with van der Waals surface area (Å²) in [6.45, 7) is 0.302. The highest BCUT2D eigenvalue weighted by Gasteiger charge is 2.37. The molecule has 0 aromatic heterocycles. The van der Waals surface area contributed by atoms with Crippen LogP contribution in [0.5, 0.6) is 0 Å². The first kappa shape index (κ1) is 20.4. The number of carboxylic acid groups (broad SMARTS) is 1. The molecule has 1 heterocycles. The molecule has 0 aromatic carbocycles. The van der Waals surface area contributed by atoms with Gasteiger partial charge in [-0.15, -0.1) is 0 Å². The van der Waals surface area contributed by atoms with E-state index in [0.717, 1.165) is 44.9 Å². The topological polar surface area (TPSA) is 104 Å². The maximum absolute atomic E-state index is 12.3. The molecule has 1 aliphatic carbocycles. The lowest BCUT2D eigenvalue weighted by Gasteiger charge is -2.24. The summed E-state index contributed by atoms with van der Waals surface area (Å²) in [5.74, 6) is -0.743. The molecule has 0 aromatic rings. The van der Waals surface area contributed by atoms with Crippen molar-refractivity contribution < 1.29 is 24.3 Å². The van der Waals surface area contributed by atoms with Crippen molar-refractivity contribution in [2.75, 3.05) is 6.54 Å². The predicted octanol–water partition coefficient (Wildman–Crippen LogP) is 2.87. The zero-order valence-electron chi connectivity index (χ0n) is 15.4. The summed E-state index contributed by atoms with van der Waals surface area (Å²) < 4.78 is 0. The Morgan fingerprint density at radius 1 is 1.00 bits per heavy atom. The van der Waals surface area contributed by atoms with Crippen molar-refractivity contribution in [2.24, 2.45) is 5.92 Å². The number of amides is 3. The largest absolute Gasteiger partial charge is 0.481 e. The Bertz CT molecular complexity index is 528. The van der Waals surface area contributed by atoms with Crippen LogP contribution in [0.1, 0.15) is 77.0 Å². The van der Waals surface area contributed by atoms with Gasteiger partial charge in [0.1, 0.15) is 11.8 Å². The molecule has 0 spiro atoms. The van der Waals surface area contributed by atoms with Gasteiger partial charge in [-0.2, -0.15) is 0 Å². The van der Waals surface area contributed by atoms with E-state index < -0.39 is 18.0 Å². The first-order valence-electron chi connectivity index (χ1n) is 9.85. The lowest BCUT2D eigenvalue weighted by atomic mass is 9.85. The molecule has 26 heavy (non-hydrogen) atoms. The lowest BCUT2D eigenvalue weighted by Crippen LogP contribution is -2.37. The maximum Gasteiger partial charge on any atom is 0.324 e. The Morgan fingerprint density at radius 2 is 1.69 bits per heavy atom. The molecule has 7 heteroatoms. The van der Waals surface area contributed by atoms with E-state index in [1.165, 1.54) is 11.3 Å². The third-order valence-electron chi connectivity index (χ3n) is 5.45. The molecule has 1 saturated carbocycles. The summed E-state index contributed by atoms with van der Waals surface area (Å²) in [7, 11) is 0. The molecule has 7 nitrogen and oxygen atoms in total. The van der Waals surface area contributed by atoms with Crippen LogP contribution in [0, 0.1) is 5.92 Å². The number of hydrogen-bond acceptors (Lipinski definition) is 4. The van der Waals surface area contributed by atoms with Crippen molar-refractivity contribution in [3.63, 3.8) is 0 Å². The van der Waals surface area contributed by atoms with Crippen LogP contribution >= 0.6 is 0 Å². The summed E-state index contributed by atoms with van der Waals surface area (Å²) in [5.41, 5.74) is 0. The van der Waals surface area contributed by atoms with Gasteiger partial charge in [0.25, 0.3) is 5.91 Å². The SMILES string of the molecule is O=C(O)CCCCCCC1C(=O)NC(=O)N1CCC(=O)C1CCCCC1. The Morgan fingerprint density at radius 3 is 2.38 bits per heavy atom. The second-order valence-electron chi connectivity index (χ2n) is 7.40. The number of ketones is 1. The van der Waals surface area contributed by atoms with Crippen LogP contribution in [0.3, 0.4) is 0 Å². The number of nitrogens with zero attached hydrogens (tertiary/aromatic N) is 1. The third-order valence-corrected chi connectivity index (χ3v) is 5.45. The Kier molecular flexibility index (Phi) is 8.06. The normalized spacial score (nSPS) is 21.1. The molecule has 1 unspecified atom stereocenters. The Hall–Kier alpha value is -1.92. The zero-order valence-corrected chi connectivity index (χ0v) is 15.4. The molecular formula is C19H30N2O5. The van der Waals surface area contributed by atoms with Crippen LogP contribution in [-0.2, 0) is 14.4 Å². The fraction of sp³-hybridized carbons (Fsp3) is 0.789. The number of aliphatic carboxylic acids is 1. The molecule has 0 bridgehead atoms. The van der Waals surface area contributed by atoms with Gasteiger partial charge in [0, 0.05) is 25.3 Å². The minimum atomic E-state index is -0.792. The van der Waals surface area contributed by atoms with Gasteiger partial charge >= 0.3 is 12.0 Å². The van der Waals surface area contributed by atoms with Crippen molar-refractivity contribution in [2.45, 2.75) is 83.1 Å². The second kappa shape index (κ2) is 10.3. The molecular weight excluding hydrogens is 336 g/mol. The van der Waals surface area contributed by atoms with Crippen LogP contribution in [0.25, 0.3) is 0 Å². The minimum absolute atomic E-state index is 0.123. The third kappa shape index (κ3) is 6.11. The van der Waals surface area contributed by atoms with E-state index in [4.69, 9.17) is 5.11 Å². The summed E-state index contributed by atoms with van der Waals surface area (Å²) in [5, 5.41) is 11.0. The molecule has 3 amide bonds. The monoisotopic (exact) mass is 366 g/mol. The standard InChI is InChI=1S/C19H30N2O5/c22-16(14-8-4-3-5-9-14)12-13-21-15(18(25)20-19(21)26)10-6-1-2-7-11-17(23)24/h14-15H,1-13H2,(H,23,24)(H,20,25,26). The zero-order chi connectivity index (χ0) is 18.9. The number of nitrogens with one attached hydrogen (secondary N) is 1. The molecule has 2 fully saturated rings. The number of Topliss-reactive ketones (excluding diaryl/α,β-unsaturated/α-hetero) is 1. The summed E-state index contributed by atoms with van der Waals surface area (Å²) in [4.78, 5) is 48.4. The maximum atomic E-state index is 12.3. The van der Waals surface area contributed by atoms with Crippen LogP contribution in [-0.4, -0.2) is 46.3 Å². The molecule has 1 saturated heterocycles. The molecule has 146 valence electrons. The van der Waals surface area contributed by atoms with Crippen LogP contribution in [0.2, 0.25) is 0 Å². The smallest absolute Gasteiger partial charge is 0.324 e. The van der Waals surface area contributed by atoms with E-state index in [-0.39, 0.29) is 24.0 Å². The first-order chi connectivity index (χ1) is 12.5. The summed E-state index contributed by atoms with van der Waals surface area (Å²) in [6.07, 6.45) is 9.36. The average Bonchev–Trinajstić information content (AvgIpc) is 2.89.